The highest BCUT2D eigenvalue weighted by Gasteiger charge is 2.09. The number of benzene rings is 1. The summed E-state index contributed by atoms with van der Waals surface area (Å²) in [6, 6.07) is 5.40. The molecule has 0 aliphatic heterocycles. The zero-order chi connectivity index (χ0) is 13.8. The van der Waals surface area contributed by atoms with Crippen LogP contribution in [-0.2, 0) is 13.5 Å². The largest absolute Gasteiger partial charge is 0.398 e. The summed E-state index contributed by atoms with van der Waals surface area (Å²) >= 11 is 0. The van der Waals surface area contributed by atoms with Gasteiger partial charge in [-0.25, -0.2) is 0 Å². The molecule has 0 bridgehead atoms. The molecule has 2 aromatic rings. The molecule has 100 valence electrons. The average molecular weight is 259 g/mol. The van der Waals surface area contributed by atoms with E-state index in [4.69, 9.17) is 5.73 Å². The second kappa shape index (κ2) is 5.51. The zero-order valence-corrected chi connectivity index (χ0v) is 11.1. The Labute approximate surface area is 111 Å². The van der Waals surface area contributed by atoms with Gasteiger partial charge in [0.25, 0.3) is 5.91 Å². The van der Waals surface area contributed by atoms with Gasteiger partial charge in [0.1, 0.15) is 12.2 Å². The molecule has 1 aromatic heterocycles. The predicted octanol–water partition coefficient (Wildman–Crippen LogP) is 0.678. The maximum absolute atomic E-state index is 12.0. The van der Waals surface area contributed by atoms with Crippen LogP contribution in [0.25, 0.3) is 0 Å². The number of nitrogens with two attached hydrogens (primary N) is 1. The third-order valence-electron chi connectivity index (χ3n) is 2.89. The van der Waals surface area contributed by atoms with Gasteiger partial charge in [0.15, 0.2) is 0 Å². The number of hydrogen-bond acceptors (Lipinski definition) is 4. The SMILES string of the molecule is Cc1ccc(C(=O)NCCc2nncn2C)c(N)c1. The summed E-state index contributed by atoms with van der Waals surface area (Å²) in [5, 5.41) is 10.6. The molecule has 0 aliphatic carbocycles. The van der Waals surface area contributed by atoms with Crippen molar-refractivity contribution < 1.29 is 4.79 Å². The predicted molar refractivity (Wildman–Crippen MR) is 72.6 cm³/mol. The molecule has 1 aromatic carbocycles. The van der Waals surface area contributed by atoms with Gasteiger partial charge in [-0.1, -0.05) is 6.07 Å². The van der Waals surface area contributed by atoms with Crippen LogP contribution in [0.15, 0.2) is 24.5 Å². The number of amides is 1. The molecule has 0 fully saturated rings. The van der Waals surface area contributed by atoms with Crippen LogP contribution >= 0.6 is 0 Å². The highest BCUT2D eigenvalue weighted by atomic mass is 16.1. The van der Waals surface area contributed by atoms with Crippen molar-refractivity contribution >= 4 is 11.6 Å². The van der Waals surface area contributed by atoms with Gasteiger partial charge in [0.2, 0.25) is 0 Å². The van der Waals surface area contributed by atoms with Crippen molar-refractivity contribution in [2.45, 2.75) is 13.3 Å². The van der Waals surface area contributed by atoms with Crippen LogP contribution in [0.4, 0.5) is 5.69 Å². The fraction of sp³-hybridized carbons (Fsp3) is 0.308. The number of aromatic nitrogens is 3. The van der Waals surface area contributed by atoms with Gasteiger partial charge >= 0.3 is 0 Å². The Hall–Kier alpha value is -2.37. The number of nitrogen functional groups attached to an aromatic ring is 1. The minimum atomic E-state index is -0.167. The fourth-order valence-electron chi connectivity index (χ4n) is 1.81. The van der Waals surface area contributed by atoms with Gasteiger partial charge in [0, 0.05) is 25.7 Å². The summed E-state index contributed by atoms with van der Waals surface area (Å²) in [7, 11) is 1.87. The Balaban J connectivity index is 1.93. The zero-order valence-electron chi connectivity index (χ0n) is 11.1. The molecule has 0 spiro atoms. The van der Waals surface area contributed by atoms with Crippen LogP contribution in [0.5, 0.6) is 0 Å². The standard InChI is InChI=1S/C13H17N5O/c1-9-3-4-10(11(14)7-9)13(19)15-6-5-12-17-16-8-18(12)2/h3-4,7-8H,5-6,14H2,1-2H3,(H,15,19). The minimum absolute atomic E-state index is 0.167. The third kappa shape index (κ3) is 3.09. The Morgan fingerprint density at radius 3 is 2.89 bits per heavy atom. The van der Waals surface area contributed by atoms with E-state index in [9.17, 15) is 4.79 Å². The molecule has 0 atom stereocenters. The van der Waals surface area contributed by atoms with E-state index in [0.717, 1.165) is 11.4 Å². The molecule has 6 heteroatoms. The number of carbonyl (C=O) groups excluding carboxylic acids is 1. The number of carbonyl (C=O) groups is 1. The van der Waals surface area contributed by atoms with Crippen molar-refractivity contribution in [3.8, 4) is 0 Å². The normalized spacial score (nSPS) is 10.4. The average Bonchev–Trinajstić information content (AvgIpc) is 2.75. The molecule has 1 amide bonds. The van der Waals surface area contributed by atoms with Crippen LogP contribution < -0.4 is 11.1 Å². The highest BCUT2D eigenvalue weighted by Crippen LogP contribution is 2.13. The number of aryl methyl sites for hydroxylation is 2. The molecular weight excluding hydrogens is 242 g/mol. The number of anilines is 1. The van der Waals surface area contributed by atoms with Gasteiger partial charge in [-0.3, -0.25) is 4.79 Å². The maximum atomic E-state index is 12.0. The van der Waals surface area contributed by atoms with E-state index >= 15 is 0 Å². The number of nitrogens with one attached hydrogen (secondary N) is 1. The molecule has 0 aliphatic rings. The molecule has 2 rings (SSSR count). The van der Waals surface area contributed by atoms with E-state index in [1.54, 1.807) is 18.5 Å². The van der Waals surface area contributed by atoms with Gasteiger partial charge < -0.3 is 15.6 Å². The molecule has 0 saturated heterocycles. The molecule has 0 radical (unpaired) electrons. The molecule has 3 N–H and O–H groups in total. The highest BCUT2D eigenvalue weighted by molar-refractivity contribution is 5.99. The lowest BCUT2D eigenvalue weighted by atomic mass is 10.1. The van der Waals surface area contributed by atoms with E-state index in [1.165, 1.54) is 0 Å². The first kappa shape index (κ1) is 13.1. The molecule has 0 saturated carbocycles. The molecule has 6 nitrogen and oxygen atoms in total. The quantitative estimate of drug-likeness (QED) is 0.790. The maximum Gasteiger partial charge on any atom is 0.253 e. The lowest BCUT2D eigenvalue weighted by Gasteiger charge is -2.08. The van der Waals surface area contributed by atoms with Crippen LogP contribution in [0.3, 0.4) is 0 Å². The van der Waals surface area contributed by atoms with Crippen LogP contribution in [-0.4, -0.2) is 27.2 Å². The number of nitrogens with zero attached hydrogens (tertiary/aromatic N) is 3. The monoisotopic (exact) mass is 259 g/mol. The molecular formula is C13H17N5O. The summed E-state index contributed by atoms with van der Waals surface area (Å²) in [6.07, 6.45) is 2.27. The second-order valence-corrected chi connectivity index (χ2v) is 4.45. The lowest BCUT2D eigenvalue weighted by molar-refractivity contribution is 0.0955. The van der Waals surface area contributed by atoms with Crippen molar-refractivity contribution in [2.75, 3.05) is 12.3 Å². The smallest absolute Gasteiger partial charge is 0.253 e. The van der Waals surface area contributed by atoms with E-state index in [-0.39, 0.29) is 5.91 Å². The van der Waals surface area contributed by atoms with Gasteiger partial charge in [-0.05, 0) is 24.6 Å². The number of rotatable bonds is 4. The Kier molecular flexibility index (Phi) is 3.79. The van der Waals surface area contributed by atoms with E-state index in [2.05, 4.69) is 15.5 Å². The summed E-state index contributed by atoms with van der Waals surface area (Å²) < 4.78 is 1.83. The lowest BCUT2D eigenvalue weighted by Crippen LogP contribution is -2.27. The van der Waals surface area contributed by atoms with Gasteiger partial charge in [-0.15, -0.1) is 10.2 Å². The first-order valence-electron chi connectivity index (χ1n) is 6.05. The van der Waals surface area contributed by atoms with Gasteiger partial charge in [-0.2, -0.15) is 0 Å². The van der Waals surface area contributed by atoms with Crippen LogP contribution in [0.2, 0.25) is 0 Å². The number of hydrogen-bond donors (Lipinski definition) is 2. The van der Waals surface area contributed by atoms with Crippen molar-refractivity contribution in [2.24, 2.45) is 7.05 Å². The van der Waals surface area contributed by atoms with E-state index in [0.29, 0.717) is 24.2 Å². The fourth-order valence-corrected chi connectivity index (χ4v) is 1.81. The Bertz CT molecular complexity index is 590. The Morgan fingerprint density at radius 2 is 2.26 bits per heavy atom. The van der Waals surface area contributed by atoms with Gasteiger partial charge in [0.05, 0.1) is 5.56 Å². The Morgan fingerprint density at radius 1 is 1.47 bits per heavy atom. The first-order valence-corrected chi connectivity index (χ1v) is 6.05. The summed E-state index contributed by atoms with van der Waals surface area (Å²) in [4.78, 5) is 12.0. The van der Waals surface area contributed by atoms with Crippen LogP contribution in [0, 0.1) is 6.92 Å². The van der Waals surface area contributed by atoms with E-state index in [1.807, 2.05) is 24.6 Å². The van der Waals surface area contributed by atoms with Crippen molar-refractivity contribution in [3.05, 3.63) is 41.5 Å². The first-order chi connectivity index (χ1) is 9.08. The minimum Gasteiger partial charge on any atom is -0.398 e. The van der Waals surface area contributed by atoms with E-state index < -0.39 is 0 Å². The summed E-state index contributed by atoms with van der Waals surface area (Å²) in [5.41, 5.74) is 7.86. The molecule has 0 unspecified atom stereocenters. The summed E-state index contributed by atoms with van der Waals surface area (Å²) in [6.45, 7) is 2.44. The van der Waals surface area contributed by atoms with Crippen molar-refractivity contribution in [1.82, 2.24) is 20.1 Å². The summed E-state index contributed by atoms with van der Waals surface area (Å²) in [5.74, 6) is 0.664. The topological polar surface area (TPSA) is 85.8 Å². The van der Waals surface area contributed by atoms with Crippen molar-refractivity contribution in [3.63, 3.8) is 0 Å². The van der Waals surface area contributed by atoms with Crippen LogP contribution in [0.1, 0.15) is 21.7 Å². The molecule has 1 heterocycles. The third-order valence-corrected chi connectivity index (χ3v) is 2.89. The second-order valence-electron chi connectivity index (χ2n) is 4.45. The van der Waals surface area contributed by atoms with Crippen molar-refractivity contribution in [1.29, 1.82) is 0 Å². The molecule has 19 heavy (non-hydrogen) atoms.